The van der Waals surface area contributed by atoms with Crippen molar-refractivity contribution in [2.24, 2.45) is 0 Å². The third-order valence-electron chi connectivity index (χ3n) is 17.5. The average molecular weight is 1540 g/mol. The van der Waals surface area contributed by atoms with E-state index in [0.717, 1.165) is 131 Å². The number of halogens is 9. The number of ether oxygens (including phenoxy) is 7. The maximum Gasteiger partial charge on any atom is 0.416 e. The monoisotopic (exact) mass is 1530 g/mol. The SMILES string of the molecule is COc1ccccc1-c1cc(COc2ccc(OCC(=O)O)c(C)c2)cc(-c2ccc(C(F)(F)F)cc2)c1.Cc1ccc(-c2cc(COc3ccc(OCC(=O)O)c(C)c3)cc(-c3ccc(C(F)(F)F)cc3)c2)cc1.Cc1cccc(-c2cc(COc3ccc(OCC(=O)O)c(C)c3)cc(-c3ccc(C(F)(F)F)cc3)c2)c1. The van der Waals surface area contributed by atoms with Gasteiger partial charge in [-0.3, -0.25) is 0 Å². The molecule has 12 rings (SSSR count). The fraction of sp³-hybridized carbons (Fsp3) is 0.167. The van der Waals surface area contributed by atoms with E-state index in [1.165, 1.54) is 36.4 Å². The Morgan fingerprint density at radius 3 is 0.911 bits per heavy atom. The Kier molecular flexibility index (Phi) is 26.6. The lowest BCUT2D eigenvalue weighted by Gasteiger charge is -2.15. The number of carboxylic acid groups (broad SMARTS) is 3. The predicted octanol–water partition coefficient (Wildman–Crippen LogP) is 22.8. The zero-order valence-corrected chi connectivity index (χ0v) is 61.3. The molecule has 0 bridgehead atoms. The Labute approximate surface area is 640 Å². The Hall–Kier alpha value is -13.0. The minimum atomic E-state index is -4.41. The molecule has 0 atom stereocenters. The molecule has 0 heterocycles. The van der Waals surface area contributed by atoms with Gasteiger partial charge >= 0.3 is 36.4 Å². The number of benzene rings is 12. The summed E-state index contributed by atoms with van der Waals surface area (Å²) in [4.78, 5) is 32.3. The highest BCUT2D eigenvalue weighted by Crippen LogP contribution is 2.40. The number of carbonyl (C=O) groups is 3. The average Bonchev–Trinajstić information content (AvgIpc) is 0.799. The van der Waals surface area contributed by atoms with Gasteiger partial charge in [0.05, 0.1) is 23.8 Å². The fourth-order valence-corrected chi connectivity index (χ4v) is 11.9. The number of aliphatic carboxylic acids is 3. The maximum absolute atomic E-state index is 13.1. The Morgan fingerprint density at radius 2 is 0.598 bits per heavy atom. The first kappa shape index (κ1) is 81.5. The van der Waals surface area contributed by atoms with Crippen LogP contribution < -0.4 is 33.2 Å². The molecule has 0 unspecified atom stereocenters. The van der Waals surface area contributed by atoms with Gasteiger partial charge in [0, 0.05) is 5.56 Å². The van der Waals surface area contributed by atoms with Crippen LogP contribution in [0.1, 0.15) is 61.2 Å². The summed E-state index contributed by atoms with van der Waals surface area (Å²) in [5.41, 5.74) is 14.5. The summed E-state index contributed by atoms with van der Waals surface area (Å²) in [5.74, 6) is 0.566. The van der Waals surface area contributed by atoms with Crippen molar-refractivity contribution in [1.29, 1.82) is 0 Å². The first-order chi connectivity index (χ1) is 53.3. The number of hydrogen-bond donors (Lipinski definition) is 3. The van der Waals surface area contributed by atoms with Gasteiger partial charge in [-0.1, -0.05) is 114 Å². The Bertz CT molecular complexity index is 5270. The van der Waals surface area contributed by atoms with Crippen LogP contribution in [-0.4, -0.2) is 60.2 Å². The molecule has 0 fully saturated rings. The summed E-state index contributed by atoms with van der Waals surface area (Å²) >= 11 is 0. The quantitative estimate of drug-likeness (QED) is 0.0461. The molecule has 12 aromatic rings. The molecule has 0 saturated carbocycles. The number of aryl methyl sites for hydroxylation is 5. The van der Waals surface area contributed by atoms with Crippen molar-refractivity contribution < 1.29 is 102 Å². The van der Waals surface area contributed by atoms with Crippen molar-refractivity contribution in [1.82, 2.24) is 0 Å². The van der Waals surface area contributed by atoms with Gasteiger partial charge < -0.3 is 48.5 Å². The van der Waals surface area contributed by atoms with E-state index in [1.54, 1.807) is 82.5 Å². The number of methoxy groups -OCH3 is 1. The lowest BCUT2D eigenvalue weighted by molar-refractivity contribution is -0.140. The summed E-state index contributed by atoms with van der Waals surface area (Å²) in [5, 5.41) is 26.4. The minimum absolute atomic E-state index is 0.186. The molecule has 0 aromatic heterocycles. The maximum atomic E-state index is 13.1. The highest BCUT2D eigenvalue weighted by atomic mass is 19.4. The van der Waals surface area contributed by atoms with Gasteiger partial charge in [0.15, 0.2) is 19.8 Å². The van der Waals surface area contributed by atoms with Crippen LogP contribution in [-0.2, 0) is 52.7 Å². The molecule has 0 saturated heterocycles. The lowest BCUT2D eigenvalue weighted by Crippen LogP contribution is -2.10. The molecule has 22 heteroatoms. The van der Waals surface area contributed by atoms with Gasteiger partial charge in [-0.2, -0.15) is 39.5 Å². The van der Waals surface area contributed by atoms with E-state index in [2.05, 4.69) is 6.07 Å². The van der Waals surface area contributed by atoms with E-state index in [9.17, 15) is 53.9 Å². The molecule has 0 amide bonds. The molecule has 13 nitrogen and oxygen atoms in total. The molecule has 0 aliphatic carbocycles. The second-order valence-electron chi connectivity index (χ2n) is 26.1. The van der Waals surface area contributed by atoms with Crippen molar-refractivity contribution in [2.75, 3.05) is 26.9 Å². The lowest BCUT2D eigenvalue weighted by atomic mass is 9.95. The molecule has 112 heavy (non-hydrogen) atoms. The third-order valence-corrected chi connectivity index (χ3v) is 17.5. The van der Waals surface area contributed by atoms with Crippen LogP contribution in [0.25, 0.3) is 66.8 Å². The van der Waals surface area contributed by atoms with Gasteiger partial charge in [0.2, 0.25) is 0 Å². The number of hydrogen-bond acceptors (Lipinski definition) is 10. The van der Waals surface area contributed by atoms with Crippen LogP contribution in [0.3, 0.4) is 0 Å². The molecule has 0 aliphatic heterocycles. The van der Waals surface area contributed by atoms with Gasteiger partial charge in [-0.25, -0.2) is 14.4 Å². The zero-order valence-electron chi connectivity index (χ0n) is 61.3. The van der Waals surface area contributed by atoms with E-state index >= 15 is 0 Å². The third kappa shape index (κ3) is 23.0. The summed E-state index contributed by atoms with van der Waals surface area (Å²) < 4.78 is 157. The standard InChI is InChI=1S/C30H25F3O5.2C30H25F3O4/c1-19-13-25(11-12-27(19)38-18-29(34)35)37-17-20-14-22(21-7-9-24(10-8-21)30(31,32)33)16-23(15-20)26-5-3-4-6-28(26)36-2;1-19-3-5-22(6-4-19)24-14-21(15-25(16-24)23-7-9-26(10-8-23)30(31,32)33)17-36-27-11-12-28(20(2)13-27)37-18-29(34)35;1-19-4-3-5-23(12-19)25-15-21(14-24(16-25)22-6-8-26(9-7-22)30(31,32)33)17-36-27-10-11-28(20(2)13-27)37-18-29(34)35/h3-16H,17-18H2,1-2H3,(H,34,35);2*3-16H,17-18H2,1-2H3,(H,34,35). The molecular formula is C90H75F9O13. The zero-order chi connectivity index (χ0) is 80.4. The topological polar surface area (TPSA) is 177 Å². The molecule has 0 radical (unpaired) electrons. The number of rotatable bonds is 25. The second kappa shape index (κ2) is 36.5. The van der Waals surface area contributed by atoms with Crippen LogP contribution in [0.15, 0.2) is 255 Å². The largest absolute Gasteiger partial charge is 0.496 e. The summed E-state index contributed by atoms with van der Waals surface area (Å²) in [6.07, 6.45) is -13.2. The normalized spacial score (nSPS) is 11.2. The smallest absolute Gasteiger partial charge is 0.416 e. The molecule has 0 aliphatic rings. The summed E-state index contributed by atoms with van der Waals surface area (Å²) in [6, 6.07) is 71.5. The van der Waals surface area contributed by atoms with Crippen LogP contribution in [0.4, 0.5) is 39.5 Å². The fourth-order valence-electron chi connectivity index (χ4n) is 11.9. The van der Waals surface area contributed by atoms with Gasteiger partial charge in [0.1, 0.15) is 60.1 Å². The van der Waals surface area contributed by atoms with E-state index in [1.807, 2.05) is 135 Å². The van der Waals surface area contributed by atoms with Crippen molar-refractivity contribution >= 4 is 17.9 Å². The van der Waals surface area contributed by atoms with Gasteiger partial charge in [-0.15, -0.1) is 0 Å². The number of para-hydroxylation sites is 1. The van der Waals surface area contributed by atoms with Crippen LogP contribution in [0, 0.1) is 34.6 Å². The van der Waals surface area contributed by atoms with E-state index in [4.69, 9.17) is 48.5 Å². The van der Waals surface area contributed by atoms with Crippen LogP contribution in [0.5, 0.6) is 40.2 Å². The van der Waals surface area contributed by atoms with Crippen molar-refractivity contribution in [3.8, 4) is 107 Å². The van der Waals surface area contributed by atoms with Crippen molar-refractivity contribution in [3.63, 3.8) is 0 Å². The van der Waals surface area contributed by atoms with E-state index < -0.39 is 72.9 Å². The second-order valence-corrected chi connectivity index (χ2v) is 26.1. The van der Waals surface area contributed by atoms with Gasteiger partial charge in [-0.05, 0) is 281 Å². The summed E-state index contributed by atoms with van der Waals surface area (Å²) in [6.45, 7) is 8.71. The first-order valence-corrected chi connectivity index (χ1v) is 34.8. The molecular weight excluding hydrogens is 1460 g/mol. The predicted molar refractivity (Wildman–Crippen MR) is 409 cm³/mol. The first-order valence-electron chi connectivity index (χ1n) is 34.8. The van der Waals surface area contributed by atoms with E-state index in [-0.39, 0.29) is 19.8 Å². The van der Waals surface area contributed by atoms with Crippen molar-refractivity contribution in [2.45, 2.75) is 73.0 Å². The molecule has 12 aromatic carbocycles. The highest BCUT2D eigenvalue weighted by Gasteiger charge is 2.32. The van der Waals surface area contributed by atoms with E-state index in [0.29, 0.717) is 56.9 Å². The number of alkyl halides is 9. The Balaban J connectivity index is 0.000000178. The summed E-state index contributed by atoms with van der Waals surface area (Å²) in [7, 11) is 1.58. The molecule has 576 valence electrons. The van der Waals surface area contributed by atoms with Crippen LogP contribution in [0.2, 0.25) is 0 Å². The van der Waals surface area contributed by atoms with Crippen LogP contribution >= 0.6 is 0 Å². The van der Waals surface area contributed by atoms with Crippen molar-refractivity contribution in [3.05, 3.63) is 316 Å². The van der Waals surface area contributed by atoms with Gasteiger partial charge in [0.25, 0.3) is 0 Å². The minimum Gasteiger partial charge on any atom is -0.496 e. The molecule has 3 N–H and O–H groups in total. The number of carboxylic acids is 3. The highest BCUT2D eigenvalue weighted by molar-refractivity contribution is 5.79. The Morgan fingerprint density at radius 1 is 0.286 bits per heavy atom. The molecule has 0 spiro atoms.